The summed E-state index contributed by atoms with van der Waals surface area (Å²) in [4.78, 5) is 11.6. The summed E-state index contributed by atoms with van der Waals surface area (Å²) in [5.41, 5.74) is 5.56. The van der Waals surface area contributed by atoms with E-state index in [0.717, 1.165) is 12.8 Å². The number of fused-ring (bicyclic) bond motifs is 1. The number of carbonyl (C=O) groups excluding carboxylic acids is 1. The maximum atomic E-state index is 11.6. The molecular weight excluding hydrogens is 446 g/mol. The van der Waals surface area contributed by atoms with Crippen molar-refractivity contribution >= 4 is 5.97 Å². The van der Waals surface area contributed by atoms with Crippen molar-refractivity contribution in [1.29, 1.82) is 0 Å². The Bertz CT molecular complexity index is 725. The third kappa shape index (κ3) is 9.88. The molecule has 0 amide bonds. The molecule has 0 aromatic carbocycles. The van der Waals surface area contributed by atoms with E-state index in [0.29, 0.717) is 0 Å². The molecular formula is C32H57NO3. The number of carbonyl (C=O) groups is 1. The first kappa shape index (κ1) is 30.9. The summed E-state index contributed by atoms with van der Waals surface area (Å²) in [6.07, 6.45) is 23.2. The average Bonchev–Trinajstić information content (AvgIpc) is 2.87. The summed E-state index contributed by atoms with van der Waals surface area (Å²) in [6, 6.07) is 0. The van der Waals surface area contributed by atoms with Crippen molar-refractivity contribution in [3.8, 4) is 0 Å². The summed E-state index contributed by atoms with van der Waals surface area (Å²) in [7, 11) is 1.41. The minimum Gasteiger partial charge on any atom is -0.467 e. The van der Waals surface area contributed by atoms with Crippen LogP contribution in [0.3, 0.4) is 0 Å². The fourth-order valence-corrected chi connectivity index (χ4v) is 6.08. The molecule has 4 heteroatoms. The van der Waals surface area contributed by atoms with Crippen LogP contribution in [0.2, 0.25) is 0 Å². The average molecular weight is 504 g/mol. The Morgan fingerprint density at radius 1 is 0.889 bits per heavy atom. The van der Waals surface area contributed by atoms with Crippen molar-refractivity contribution in [3.05, 3.63) is 22.4 Å². The Balaban J connectivity index is 1.65. The first-order chi connectivity index (χ1) is 17.3. The smallest absolute Gasteiger partial charge is 0.331 e. The number of rotatable bonds is 18. The second-order valence-corrected chi connectivity index (χ2v) is 11.8. The van der Waals surface area contributed by atoms with Crippen LogP contribution in [0.5, 0.6) is 0 Å². The van der Waals surface area contributed by atoms with E-state index in [-0.39, 0.29) is 30.1 Å². The van der Waals surface area contributed by atoms with Crippen LogP contribution < -0.4 is 5.32 Å². The molecule has 1 aliphatic carbocycles. The highest BCUT2D eigenvalue weighted by molar-refractivity contribution is 5.70. The lowest BCUT2D eigenvalue weighted by molar-refractivity contribution is -0.147. The molecule has 2 aliphatic rings. The number of esters is 1. The van der Waals surface area contributed by atoms with Gasteiger partial charge in [-0.25, -0.2) is 4.79 Å². The third-order valence-electron chi connectivity index (χ3n) is 8.78. The number of hydrogen-bond donors (Lipinski definition) is 1. The molecule has 208 valence electrons. The van der Waals surface area contributed by atoms with E-state index < -0.39 is 0 Å². The topological polar surface area (TPSA) is 47.6 Å². The van der Waals surface area contributed by atoms with Gasteiger partial charge in [0, 0.05) is 17.2 Å². The molecule has 0 spiro atoms. The Hall–Kier alpha value is -1.29. The van der Waals surface area contributed by atoms with Crippen LogP contribution in [0.25, 0.3) is 0 Å². The predicted octanol–water partition coefficient (Wildman–Crippen LogP) is 8.80. The van der Waals surface area contributed by atoms with Crippen LogP contribution in [-0.4, -0.2) is 31.3 Å². The molecule has 4 nitrogen and oxygen atoms in total. The van der Waals surface area contributed by atoms with E-state index in [2.05, 4.69) is 39.9 Å². The first-order valence-corrected chi connectivity index (χ1v) is 15.2. The van der Waals surface area contributed by atoms with Crippen molar-refractivity contribution in [2.75, 3.05) is 13.7 Å². The zero-order valence-corrected chi connectivity index (χ0v) is 24.6. The SMILES string of the molecule is CCCCCCCCCCCCCCCCC1(C)CCC2=C(C)C(OCC(=O)OC)C(C)C(C)=C2N1. The van der Waals surface area contributed by atoms with E-state index in [1.54, 1.807) is 0 Å². The summed E-state index contributed by atoms with van der Waals surface area (Å²) in [5.74, 6) is -0.0562. The lowest BCUT2D eigenvalue weighted by Gasteiger charge is -2.44. The number of ether oxygens (including phenoxy) is 2. The molecule has 1 saturated heterocycles. The Morgan fingerprint density at radius 3 is 1.94 bits per heavy atom. The molecule has 0 aromatic rings. The van der Waals surface area contributed by atoms with E-state index in [4.69, 9.17) is 9.47 Å². The standard InChI is InChI=1S/C32H57NO3/c1-7-8-9-10-11-12-13-14-15-16-17-18-19-20-22-32(5)23-21-28-27(4)31(36-24-29(34)35-6)26(3)25(2)30(28)33-32/h26,31,33H,7-24H2,1-6H3. The van der Waals surface area contributed by atoms with Gasteiger partial charge in [-0.05, 0) is 56.8 Å². The zero-order chi connectivity index (χ0) is 26.4. The highest BCUT2D eigenvalue weighted by Crippen LogP contribution is 2.42. The van der Waals surface area contributed by atoms with Gasteiger partial charge in [0.25, 0.3) is 0 Å². The van der Waals surface area contributed by atoms with Crippen LogP contribution in [0.1, 0.15) is 144 Å². The van der Waals surface area contributed by atoms with Crippen LogP contribution in [-0.2, 0) is 14.3 Å². The Labute approximate surface area is 223 Å². The van der Waals surface area contributed by atoms with Crippen molar-refractivity contribution < 1.29 is 14.3 Å². The first-order valence-electron chi connectivity index (χ1n) is 15.2. The van der Waals surface area contributed by atoms with Gasteiger partial charge >= 0.3 is 5.97 Å². The number of unbranched alkanes of at least 4 members (excludes halogenated alkanes) is 13. The van der Waals surface area contributed by atoms with Gasteiger partial charge in [0.1, 0.15) is 6.61 Å². The zero-order valence-electron chi connectivity index (χ0n) is 24.6. The number of nitrogens with one attached hydrogen (secondary N) is 1. The number of methoxy groups -OCH3 is 1. The maximum Gasteiger partial charge on any atom is 0.331 e. The molecule has 2 rings (SSSR count). The Kier molecular flexibility index (Phi) is 14.2. The van der Waals surface area contributed by atoms with E-state index in [1.165, 1.54) is 126 Å². The lowest BCUT2D eigenvalue weighted by Crippen LogP contribution is -2.48. The van der Waals surface area contributed by atoms with E-state index >= 15 is 0 Å². The molecule has 1 aliphatic heterocycles. The summed E-state index contributed by atoms with van der Waals surface area (Å²) in [6.45, 7) is 11.3. The van der Waals surface area contributed by atoms with E-state index in [9.17, 15) is 4.79 Å². The van der Waals surface area contributed by atoms with Gasteiger partial charge in [-0.3, -0.25) is 0 Å². The second-order valence-electron chi connectivity index (χ2n) is 11.8. The number of hydrogen-bond acceptors (Lipinski definition) is 4. The minimum atomic E-state index is -0.310. The van der Waals surface area contributed by atoms with Crippen molar-refractivity contribution in [2.45, 2.75) is 155 Å². The van der Waals surface area contributed by atoms with E-state index in [1.807, 2.05) is 0 Å². The highest BCUT2D eigenvalue weighted by atomic mass is 16.6. The molecule has 1 fully saturated rings. The van der Waals surface area contributed by atoms with Gasteiger partial charge < -0.3 is 14.8 Å². The minimum absolute atomic E-state index is 0.0169. The molecule has 1 N–H and O–H groups in total. The predicted molar refractivity (Wildman–Crippen MR) is 152 cm³/mol. The van der Waals surface area contributed by atoms with Crippen LogP contribution in [0.4, 0.5) is 0 Å². The third-order valence-corrected chi connectivity index (χ3v) is 8.78. The summed E-state index contributed by atoms with van der Waals surface area (Å²) in [5, 5.41) is 3.96. The molecule has 36 heavy (non-hydrogen) atoms. The maximum absolute atomic E-state index is 11.6. The van der Waals surface area contributed by atoms with Gasteiger partial charge in [0.2, 0.25) is 0 Å². The van der Waals surface area contributed by atoms with Crippen LogP contribution in [0.15, 0.2) is 22.4 Å². The fraction of sp³-hybridized carbons (Fsp3) is 0.844. The fourth-order valence-electron chi connectivity index (χ4n) is 6.08. The number of piperidine rings is 1. The molecule has 0 saturated carbocycles. The van der Waals surface area contributed by atoms with Gasteiger partial charge in [-0.1, -0.05) is 104 Å². The Morgan fingerprint density at radius 2 is 1.42 bits per heavy atom. The number of allylic oxidation sites excluding steroid dienone is 1. The monoisotopic (exact) mass is 503 g/mol. The molecule has 0 radical (unpaired) electrons. The highest BCUT2D eigenvalue weighted by Gasteiger charge is 2.38. The molecule has 3 atom stereocenters. The van der Waals surface area contributed by atoms with Gasteiger partial charge in [0.05, 0.1) is 13.2 Å². The van der Waals surface area contributed by atoms with Crippen LogP contribution in [0, 0.1) is 5.92 Å². The van der Waals surface area contributed by atoms with Gasteiger partial charge in [0.15, 0.2) is 0 Å². The molecule has 0 aromatic heterocycles. The molecule has 3 unspecified atom stereocenters. The van der Waals surface area contributed by atoms with Crippen molar-refractivity contribution in [3.63, 3.8) is 0 Å². The normalized spacial score (nSPS) is 24.1. The van der Waals surface area contributed by atoms with Gasteiger partial charge in [-0.15, -0.1) is 0 Å². The molecule has 0 bridgehead atoms. The summed E-state index contributed by atoms with van der Waals surface area (Å²) >= 11 is 0. The molecule has 1 heterocycles. The largest absolute Gasteiger partial charge is 0.467 e. The quantitative estimate of drug-likeness (QED) is 0.150. The summed E-state index contributed by atoms with van der Waals surface area (Å²) < 4.78 is 10.8. The second kappa shape index (κ2) is 16.5. The van der Waals surface area contributed by atoms with Crippen molar-refractivity contribution in [1.82, 2.24) is 5.32 Å². The lowest BCUT2D eigenvalue weighted by atomic mass is 9.74. The van der Waals surface area contributed by atoms with Crippen LogP contribution >= 0.6 is 0 Å². The van der Waals surface area contributed by atoms with Crippen molar-refractivity contribution in [2.24, 2.45) is 5.92 Å². The van der Waals surface area contributed by atoms with Gasteiger partial charge in [-0.2, -0.15) is 0 Å².